The second-order valence-electron chi connectivity index (χ2n) is 7.39. The number of hydrogen-bond acceptors (Lipinski definition) is 5. The number of benzene rings is 2. The van der Waals surface area contributed by atoms with Gasteiger partial charge >= 0.3 is 5.97 Å². The number of rotatable bonds is 4. The van der Waals surface area contributed by atoms with E-state index in [2.05, 4.69) is 0 Å². The molecule has 3 rings (SSSR count). The number of hydrogen-bond donors (Lipinski definition) is 1. The van der Waals surface area contributed by atoms with Crippen molar-refractivity contribution >= 4 is 23.2 Å². The molecular formula is C21H21NO4. The number of anilines is 1. The number of esters is 1. The van der Waals surface area contributed by atoms with Gasteiger partial charge in [-0.05, 0) is 18.1 Å². The molecule has 0 atom stereocenters. The second kappa shape index (κ2) is 6.41. The zero-order valence-corrected chi connectivity index (χ0v) is 15.1. The fourth-order valence-corrected chi connectivity index (χ4v) is 3.27. The van der Waals surface area contributed by atoms with Crippen molar-refractivity contribution in [1.82, 2.24) is 0 Å². The molecule has 2 N–H and O–H groups in total. The fourth-order valence-electron chi connectivity index (χ4n) is 3.27. The summed E-state index contributed by atoms with van der Waals surface area (Å²) in [5.41, 5.74) is 8.44. The first-order chi connectivity index (χ1) is 12.2. The molecular weight excluding hydrogens is 330 g/mol. The van der Waals surface area contributed by atoms with Crippen molar-refractivity contribution in [3.05, 3.63) is 64.2 Å². The van der Waals surface area contributed by atoms with Crippen LogP contribution in [0.3, 0.4) is 0 Å². The Morgan fingerprint density at radius 1 is 1.00 bits per heavy atom. The van der Waals surface area contributed by atoms with Gasteiger partial charge in [-0.25, -0.2) is 0 Å². The molecule has 0 bridgehead atoms. The Morgan fingerprint density at radius 2 is 1.62 bits per heavy atom. The monoisotopic (exact) mass is 351 g/mol. The molecule has 2 aromatic carbocycles. The van der Waals surface area contributed by atoms with E-state index in [9.17, 15) is 14.4 Å². The third kappa shape index (κ3) is 3.12. The van der Waals surface area contributed by atoms with Crippen LogP contribution in [0.2, 0.25) is 0 Å². The molecule has 0 aromatic heterocycles. The molecule has 1 aliphatic carbocycles. The molecule has 0 saturated carbocycles. The Balaban J connectivity index is 1.99. The number of carbonyl (C=O) groups is 3. The molecule has 0 saturated heterocycles. The Kier molecular flexibility index (Phi) is 4.40. The van der Waals surface area contributed by atoms with Crippen molar-refractivity contribution in [2.75, 3.05) is 12.3 Å². The van der Waals surface area contributed by atoms with E-state index in [0.717, 1.165) is 5.56 Å². The van der Waals surface area contributed by atoms with E-state index in [1.807, 2.05) is 13.8 Å². The molecule has 26 heavy (non-hydrogen) atoms. The van der Waals surface area contributed by atoms with Crippen molar-refractivity contribution in [2.24, 2.45) is 5.41 Å². The zero-order chi connectivity index (χ0) is 19.1. The standard InChI is InChI=1S/C21H21NO4/c1-12(23)26-11-21(2,3)10-13-8-9-16-17(18(13)22)20(25)15-7-5-4-6-14(15)19(16)24/h4-9H,10-11,22H2,1-3H3. The topological polar surface area (TPSA) is 86.5 Å². The van der Waals surface area contributed by atoms with E-state index in [1.54, 1.807) is 36.4 Å². The summed E-state index contributed by atoms with van der Waals surface area (Å²) in [6.07, 6.45) is 0.516. The van der Waals surface area contributed by atoms with E-state index < -0.39 is 0 Å². The first kappa shape index (κ1) is 17.9. The van der Waals surface area contributed by atoms with Crippen molar-refractivity contribution in [3.8, 4) is 0 Å². The minimum absolute atomic E-state index is 0.187. The maximum atomic E-state index is 12.9. The van der Waals surface area contributed by atoms with Gasteiger partial charge in [-0.2, -0.15) is 0 Å². The third-order valence-electron chi connectivity index (χ3n) is 4.56. The van der Waals surface area contributed by atoms with E-state index in [1.165, 1.54) is 6.92 Å². The van der Waals surface area contributed by atoms with Gasteiger partial charge in [0.25, 0.3) is 0 Å². The lowest BCUT2D eigenvalue weighted by Crippen LogP contribution is -2.26. The highest BCUT2D eigenvalue weighted by Gasteiger charge is 2.32. The van der Waals surface area contributed by atoms with Crippen LogP contribution in [0.5, 0.6) is 0 Å². The van der Waals surface area contributed by atoms with Gasteiger partial charge in [0.1, 0.15) is 0 Å². The number of ketones is 2. The van der Waals surface area contributed by atoms with E-state index in [-0.39, 0.29) is 35.1 Å². The van der Waals surface area contributed by atoms with Gasteiger partial charge in [0.15, 0.2) is 11.6 Å². The van der Waals surface area contributed by atoms with Crippen LogP contribution < -0.4 is 5.73 Å². The lowest BCUT2D eigenvalue weighted by molar-refractivity contribution is -0.143. The van der Waals surface area contributed by atoms with Crippen LogP contribution in [0.25, 0.3) is 0 Å². The maximum absolute atomic E-state index is 12.9. The predicted octanol–water partition coefficient (Wildman–Crippen LogP) is 3.18. The summed E-state index contributed by atoms with van der Waals surface area (Å²) in [4.78, 5) is 36.7. The average molecular weight is 351 g/mol. The lowest BCUT2D eigenvalue weighted by atomic mass is 9.79. The van der Waals surface area contributed by atoms with Crippen LogP contribution in [0.4, 0.5) is 5.69 Å². The van der Waals surface area contributed by atoms with Gasteiger partial charge in [0, 0.05) is 34.7 Å². The van der Waals surface area contributed by atoms with E-state index in [0.29, 0.717) is 28.8 Å². The number of fused-ring (bicyclic) bond motifs is 2. The van der Waals surface area contributed by atoms with E-state index in [4.69, 9.17) is 10.5 Å². The first-order valence-corrected chi connectivity index (χ1v) is 8.44. The third-order valence-corrected chi connectivity index (χ3v) is 4.56. The minimum Gasteiger partial charge on any atom is -0.465 e. The molecule has 0 spiro atoms. The normalized spacial score (nSPS) is 13.2. The molecule has 0 unspecified atom stereocenters. The van der Waals surface area contributed by atoms with Gasteiger partial charge in [0.05, 0.1) is 12.2 Å². The Morgan fingerprint density at radius 3 is 2.23 bits per heavy atom. The summed E-state index contributed by atoms with van der Waals surface area (Å²) in [7, 11) is 0. The van der Waals surface area contributed by atoms with Crippen LogP contribution in [0.1, 0.15) is 58.2 Å². The van der Waals surface area contributed by atoms with Crippen molar-refractivity contribution in [2.45, 2.75) is 27.2 Å². The molecule has 2 aromatic rings. The van der Waals surface area contributed by atoms with Crippen LogP contribution in [0, 0.1) is 5.41 Å². The molecule has 0 fully saturated rings. The molecule has 5 heteroatoms. The number of nitrogen functional groups attached to an aromatic ring is 1. The number of carbonyl (C=O) groups excluding carboxylic acids is 3. The van der Waals surface area contributed by atoms with Gasteiger partial charge in [0.2, 0.25) is 0 Å². The highest BCUT2D eigenvalue weighted by molar-refractivity contribution is 6.30. The lowest BCUT2D eigenvalue weighted by Gasteiger charge is -2.26. The molecule has 134 valence electrons. The quantitative estimate of drug-likeness (QED) is 0.576. The smallest absolute Gasteiger partial charge is 0.302 e. The Bertz CT molecular complexity index is 928. The van der Waals surface area contributed by atoms with Crippen LogP contribution in [-0.2, 0) is 16.0 Å². The van der Waals surface area contributed by atoms with E-state index >= 15 is 0 Å². The molecule has 0 aliphatic heterocycles. The summed E-state index contributed by atoms with van der Waals surface area (Å²) >= 11 is 0. The average Bonchev–Trinajstić information content (AvgIpc) is 2.59. The van der Waals surface area contributed by atoms with Crippen LogP contribution in [0.15, 0.2) is 36.4 Å². The minimum atomic E-state index is -0.354. The summed E-state index contributed by atoms with van der Waals surface area (Å²) in [6.45, 7) is 5.52. The molecule has 0 radical (unpaired) electrons. The van der Waals surface area contributed by atoms with Crippen LogP contribution in [-0.4, -0.2) is 24.1 Å². The largest absolute Gasteiger partial charge is 0.465 e. The van der Waals surface area contributed by atoms with Gasteiger partial charge in [-0.3, -0.25) is 14.4 Å². The summed E-state index contributed by atoms with van der Waals surface area (Å²) in [6, 6.07) is 10.2. The van der Waals surface area contributed by atoms with Gasteiger partial charge in [-0.1, -0.05) is 44.2 Å². The first-order valence-electron chi connectivity index (χ1n) is 8.44. The Hall–Kier alpha value is -2.95. The zero-order valence-electron chi connectivity index (χ0n) is 15.1. The summed E-state index contributed by atoms with van der Waals surface area (Å²) in [5.74, 6) is -0.756. The SMILES string of the molecule is CC(=O)OCC(C)(C)Cc1ccc2c(c1N)C(=O)c1ccccc1C2=O. The van der Waals surface area contributed by atoms with Crippen molar-refractivity contribution in [3.63, 3.8) is 0 Å². The Labute approximate surface area is 152 Å². The van der Waals surface area contributed by atoms with Gasteiger partial charge < -0.3 is 10.5 Å². The summed E-state index contributed by atoms with van der Waals surface area (Å²) in [5, 5.41) is 0. The highest BCUT2D eigenvalue weighted by Crippen LogP contribution is 2.35. The van der Waals surface area contributed by atoms with Crippen molar-refractivity contribution < 1.29 is 19.1 Å². The second-order valence-corrected chi connectivity index (χ2v) is 7.39. The van der Waals surface area contributed by atoms with Gasteiger partial charge in [-0.15, -0.1) is 0 Å². The highest BCUT2D eigenvalue weighted by atomic mass is 16.5. The predicted molar refractivity (Wildman–Crippen MR) is 98.3 cm³/mol. The number of nitrogens with two attached hydrogens (primary N) is 1. The summed E-state index contributed by atoms with van der Waals surface area (Å²) < 4.78 is 5.12. The molecule has 0 amide bonds. The number of ether oxygens (including phenoxy) is 1. The van der Waals surface area contributed by atoms with Crippen molar-refractivity contribution in [1.29, 1.82) is 0 Å². The molecule has 1 aliphatic rings. The fraction of sp³-hybridized carbons (Fsp3) is 0.286. The van der Waals surface area contributed by atoms with Crippen LogP contribution >= 0.6 is 0 Å². The molecule has 5 nitrogen and oxygen atoms in total. The molecule has 0 heterocycles. The maximum Gasteiger partial charge on any atom is 0.302 e.